The lowest BCUT2D eigenvalue weighted by molar-refractivity contribution is 0.104. The third-order valence-electron chi connectivity index (χ3n) is 3.31. The third kappa shape index (κ3) is 4.86. The van der Waals surface area contributed by atoms with Gasteiger partial charge in [-0.25, -0.2) is 0 Å². The van der Waals surface area contributed by atoms with Crippen LogP contribution >= 0.6 is 0 Å². The van der Waals surface area contributed by atoms with Crippen molar-refractivity contribution in [2.45, 2.75) is 0 Å². The normalized spacial score (nSPS) is 10.8. The van der Waals surface area contributed by atoms with E-state index in [-0.39, 0.29) is 11.5 Å². The molecule has 2 aromatic rings. The lowest BCUT2D eigenvalue weighted by Crippen LogP contribution is -2.06. The standard InChI is InChI=1S/C19H20O5/c1-22-11-12-24-18-10-6-15(13-19(18)23-2)17(21)9-5-14-3-7-16(20)8-4-14/h3-10,13,20H,11-12H2,1-2H3/b9-5+. The molecule has 0 atom stereocenters. The summed E-state index contributed by atoms with van der Waals surface area (Å²) in [6, 6.07) is 11.6. The zero-order valence-corrected chi connectivity index (χ0v) is 13.7. The zero-order valence-electron chi connectivity index (χ0n) is 13.7. The minimum absolute atomic E-state index is 0.148. The van der Waals surface area contributed by atoms with E-state index in [0.717, 1.165) is 5.56 Å². The number of ether oxygens (including phenoxy) is 3. The maximum atomic E-state index is 12.3. The first kappa shape index (κ1) is 17.6. The molecule has 0 spiro atoms. The number of allylic oxidation sites excluding steroid dienone is 1. The van der Waals surface area contributed by atoms with Crippen molar-refractivity contribution in [3.05, 3.63) is 59.7 Å². The number of rotatable bonds is 8. The van der Waals surface area contributed by atoms with Crippen molar-refractivity contribution in [2.24, 2.45) is 0 Å². The molecule has 0 aromatic heterocycles. The topological polar surface area (TPSA) is 65.0 Å². The molecule has 0 saturated heterocycles. The van der Waals surface area contributed by atoms with Gasteiger partial charge in [0, 0.05) is 12.7 Å². The maximum Gasteiger partial charge on any atom is 0.185 e. The first-order chi connectivity index (χ1) is 11.6. The number of carbonyl (C=O) groups is 1. The van der Waals surface area contributed by atoms with Gasteiger partial charge in [0.25, 0.3) is 0 Å². The van der Waals surface area contributed by atoms with Gasteiger partial charge in [-0.05, 0) is 42.0 Å². The number of carbonyl (C=O) groups excluding carboxylic acids is 1. The Kier molecular flexibility index (Phi) is 6.40. The van der Waals surface area contributed by atoms with Crippen LogP contribution in [0.2, 0.25) is 0 Å². The van der Waals surface area contributed by atoms with Crippen LogP contribution in [0.15, 0.2) is 48.5 Å². The van der Waals surface area contributed by atoms with Crippen LogP contribution in [0.3, 0.4) is 0 Å². The van der Waals surface area contributed by atoms with Gasteiger partial charge in [-0.2, -0.15) is 0 Å². The molecule has 2 rings (SSSR count). The number of ketones is 1. The summed E-state index contributed by atoms with van der Waals surface area (Å²) in [5.41, 5.74) is 1.33. The third-order valence-corrected chi connectivity index (χ3v) is 3.31. The molecule has 0 aliphatic rings. The number of hydrogen-bond donors (Lipinski definition) is 1. The average Bonchev–Trinajstić information content (AvgIpc) is 2.61. The molecule has 1 N–H and O–H groups in total. The van der Waals surface area contributed by atoms with Crippen molar-refractivity contribution in [3.8, 4) is 17.2 Å². The molecule has 0 heterocycles. The van der Waals surface area contributed by atoms with Crippen LogP contribution in [0.4, 0.5) is 0 Å². The minimum Gasteiger partial charge on any atom is -0.508 e. The smallest absolute Gasteiger partial charge is 0.185 e. The predicted octanol–water partition coefficient (Wildman–Crippen LogP) is 3.32. The fourth-order valence-electron chi connectivity index (χ4n) is 2.03. The van der Waals surface area contributed by atoms with Crippen molar-refractivity contribution in [1.29, 1.82) is 0 Å². The maximum absolute atomic E-state index is 12.3. The zero-order chi connectivity index (χ0) is 17.4. The molecule has 0 fully saturated rings. The summed E-state index contributed by atoms with van der Waals surface area (Å²) in [5.74, 6) is 1.10. The van der Waals surface area contributed by atoms with Crippen LogP contribution in [0.25, 0.3) is 6.08 Å². The molecule has 2 aromatic carbocycles. The number of phenolic OH excluding ortho intramolecular Hbond substituents is 1. The van der Waals surface area contributed by atoms with Crippen LogP contribution in [-0.2, 0) is 4.74 Å². The highest BCUT2D eigenvalue weighted by atomic mass is 16.5. The van der Waals surface area contributed by atoms with Crippen LogP contribution in [-0.4, -0.2) is 38.3 Å². The summed E-state index contributed by atoms with van der Waals surface area (Å²) in [7, 11) is 3.13. The summed E-state index contributed by atoms with van der Waals surface area (Å²) in [6.45, 7) is 0.875. The van der Waals surface area contributed by atoms with Crippen LogP contribution in [0.5, 0.6) is 17.2 Å². The van der Waals surface area contributed by atoms with Crippen molar-refractivity contribution >= 4 is 11.9 Å². The second-order valence-electron chi connectivity index (χ2n) is 5.00. The SMILES string of the molecule is COCCOc1ccc(C(=O)/C=C/c2ccc(O)cc2)cc1OC. The van der Waals surface area contributed by atoms with Crippen LogP contribution in [0, 0.1) is 0 Å². The first-order valence-electron chi connectivity index (χ1n) is 7.45. The van der Waals surface area contributed by atoms with Crippen LogP contribution < -0.4 is 9.47 Å². The number of hydrogen-bond acceptors (Lipinski definition) is 5. The van der Waals surface area contributed by atoms with E-state index >= 15 is 0 Å². The number of benzene rings is 2. The molecule has 126 valence electrons. The Morgan fingerprint density at radius 3 is 2.46 bits per heavy atom. The van der Waals surface area contributed by atoms with Crippen LogP contribution in [0.1, 0.15) is 15.9 Å². The van der Waals surface area contributed by atoms with Gasteiger partial charge >= 0.3 is 0 Å². The number of phenols is 1. The van der Waals surface area contributed by atoms with Gasteiger partial charge in [0.2, 0.25) is 0 Å². The van der Waals surface area contributed by atoms with E-state index in [4.69, 9.17) is 14.2 Å². The Hall–Kier alpha value is -2.79. The van der Waals surface area contributed by atoms with E-state index < -0.39 is 0 Å². The molecule has 0 bridgehead atoms. The molecule has 0 aliphatic carbocycles. The van der Waals surface area contributed by atoms with Gasteiger partial charge in [-0.1, -0.05) is 18.2 Å². The van der Waals surface area contributed by atoms with E-state index in [1.54, 1.807) is 55.7 Å². The molecule has 0 saturated carbocycles. The summed E-state index contributed by atoms with van der Waals surface area (Å²) >= 11 is 0. The Morgan fingerprint density at radius 2 is 1.79 bits per heavy atom. The molecule has 0 aliphatic heterocycles. The molecular formula is C19H20O5. The Labute approximate surface area is 141 Å². The van der Waals surface area contributed by atoms with Gasteiger partial charge in [0.15, 0.2) is 17.3 Å². The largest absolute Gasteiger partial charge is 0.508 e. The highest BCUT2D eigenvalue weighted by Crippen LogP contribution is 2.28. The average molecular weight is 328 g/mol. The van der Waals surface area contributed by atoms with E-state index in [2.05, 4.69) is 0 Å². The predicted molar refractivity (Wildman–Crippen MR) is 91.8 cm³/mol. The fourth-order valence-corrected chi connectivity index (χ4v) is 2.03. The second-order valence-corrected chi connectivity index (χ2v) is 5.00. The number of aromatic hydroxyl groups is 1. The van der Waals surface area contributed by atoms with Crippen molar-refractivity contribution in [3.63, 3.8) is 0 Å². The van der Waals surface area contributed by atoms with Gasteiger partial charge in [0.1, 0.15) is 12.4 Å². The van der Waals surface area contributed by atoms with E-state index in [1.165, 1.54) is 13.2 Å². The molecule has 24 heavy (non-hydrogen) atoms. The number of methoxy groups -OCH3 is 2. The molecular weight excluding hydrogens is 308 g/mol. The first-order valence-corrected chi connectivity index (χ1v) is 7.45. The lowest BCUT2D eigenvalue weighted by atomic mass is 10.1. The van der Waals surface area contributed by atoms with Crippen molar-refractivity contribution in [2.75, 3.05) is 27.4 Å². The highest BCUT2D eigenvalue weighted by molar-refractivity contribution is 6.07. The lowest BCUT2D eigenvalue weighted by Gasteiger charge is -2.11. The van der Waals surface area contributed by atoms with Gasteiger partial charge in [-0.15, -0.1) is 0 Å². The van der Waals surface area contributed by atoms with Gasteiger partial charge in [0.05, 0.1) is 13.7 Å². The summed E-state index contributed by atoms with van der Waals surface area (Å²) in [6.07, 6.45) is 3.17. The molecule has 0 unspecified atom stereocenters. The Morgan fingerprint density at radius 1 is 1.04 bits per heavy atom. The van der Waals surface area contributed by atoms with Gasteiger partial charge < -0.3 is 19.3 Å². The summed E-state index contributed by atoms with van der Waals surface area (Å²) in [5, 5.41) is 9.25. The van der Waals surface area contributed by atoms with E-state index in [1.807, 2.05) is 0 Å². The molecule has 0 amide bonds. The second kappa shape index (κ2) is 8.74. The van der Waals surface area contributed by atoms with E-state index in [0.29, 0.717) is 30.3 Å². The summed E-state index contributed by atoms with van der Waals surface area (Å²) < 4.78 is 15.7. The van der Waals surface area contributed by atoms with Crippen molar-refractivity contribution in [1.82, 2.24) is 0 Å². The van der Waals surface area contributed by atoms with E-state index in [9.17, 15) is 9.90 Å². The molecule has 0 radical (unpaired) electrons. The van der Waals surface area contributed by atoms with Crippen molar-refractivity contribution < 1.29 is 24.1 Å². The highest BCUT2D eigenvalue weighted by Gasteiger charge is 2.09. The Balaban J connectivity index is 2.10. The molecule has 5 nitrogen and oxygen atoms in total. The fraction of sp³-hybridized carbons (Fsp3) is 0.211. The minimum atomic E-state index is -0.148. The molecule has 5 heteroatoms. The van der Waals surface area contributed by atoms with Gasteiger partial charge in [-0.3, -0.25) is 4.79 Å². The summed E-state index contributed by atoms with van der Waals surface area (Å²) in [4.78, 5) is 12.3. The Bertz CT molecular complexity index is 704. The monoisotopic (exact) mass is 328 g/mol. The quantitative estimate of drug-likeness (QED) is 0.457.